The number of aliphatic hydroxyl groups is 1. The van der Waals surface area contributed by atoms with Crippen LogP contribution in [0.2, 0.25) is 0 Å². The lowest BCUT2D eigenvalue weighted by Gasteiger charge is -2.12. The molecule has 0 aromatic heterocycles. The van der Waals surface area contributed by atoms with Crippen LogP contribution in [0.3, 0.4) is 0 Å². The van der Waals surface area contributed by atoms with Crippen LogP contribution in [-0.4, -0.2) is 16.5 Å². The Morgan fingerprint density at radius 3 is 2.25 bits per heavy atom. The Labute approximate surface area is 59.2 Å². The van der Waals surface area contributed by atoms with Crippen molar-refractivity contribution in [1.82, 2.24) is 0 Å². The van der Waals surface area contributed by atoms with Gasteiger partial charge < -0.3 is 5.11 Å². The molecule has 0 spiro atoms. The van der Waals surface area contributed by atoms with Gasteiger partial charge in [0, 0.05) is 4.83 Å². The number of alkyl halides is 1. The van der Waals surface area contributed by atoms with Crippen molar-refractivity contribution < 1.29 is 5.11 Å². The number of halogens is 1. The fourth-order valence-electron chi connectivity index (χ4n) is 0.436. The fraction of sp³-hybridized carbons (Fsp3) is 1.00. The minimum atomic E-state index is 0.245. The first-order valence-corrected chi connectivity index (χ1v) is 3.88. The quantitative estimate of drug-likeness (QED) is 0.658. The van der Waals surface area contributed by atoms with E-state index in [1.165, 1.54) is 0 Å². The predicted molar refractivity (Wildman–Crippen MR) is 39.3 cm³/mol. The van der Waals surface area contributed by atoms with Crippen molar-refractivity contribution in [2.24, 2.45) is 5.92 Å². The summed E-state index contributed by atoms with van der Waals surface area (Å²) in [7, 11) is 0. The van der Waals surface area contributed by atoms with Crippen LogP contribution in [0, 0.1) is 5.92 Å². The topological polar surface area (TPSA) is 20.2 Å². The molecule has 0 aromatic rings. The molecule has 0 rings (SSSR count). The molecule has 8 heavy (non-hydrogen) atoms. The van der Waals surface area contributed by atoms with Gasteiger partial charge in [0.1, 0.15) is 0 Å². The average molecular weight is 181 g/mol. The van der Waals surface area contributed by atoms with Gasteiger partial charge in [0.15, 0.2) is 0 Å². The Morgan fingerprint density at radius 1 is 1.62 bits per heavy atom. The summed E-state index contributed by atoms with van der Waals surface area (Å²) in [6.07, 6.45) is 1.12. The van der Waals surface area contributed by atoms with Crippen LogP contribution in [0.15, 0.2) is 0 Å². The Hall–Kier alpha value is 0.440. The van der Waals surface area contributed by atoms with E-state index in [4.69, 9.17) is 5.11 Å². The van der Waals surface area contributed by atoms with Gasteiger partial charge in [0.25, 0.3) is 0 Å². The third-order valence-corrected chi connectivity index (χ3v) is 2.63. The summed E-state index contributed by atoms with van der Waals surface area (Å²) >= 11 is 3.35. The highest BCUT2D eigenvalue weighted by molar-refractivity contribution is 9.09. The molecule has 0 amide bonds. The summed E-state index contributed by atoms with van der Waals surface area (Å²) in [6.45, 7) is 4.49. The number of hydrogen-bond acceptors (Lipinski definition) is 1. The molecule has 0 fully saturated rings. The zero-order valence-electron chi connectivity index (χ0n) is 5.39. The van der Waals surface area contributed by atoms with Gasteiger partial charge in [-0.2, -0.15) is 0 Å². The van der Waals surface area contributed by atoms with Crippen LogP contribution in [0.5, 0.6) is 0 Å². The van der Waals surface area contributed by atoms with E-state index in [-0.39, 0.29) is 11.4 Å². The standard InChI is InChI=1S/C6H13BrO/c1-3-5(2)6(7)4-8/h5-6,8H,3-4H2,1-2H3. The van der Waals surface area contributed by atoms with Gasteiger partial charge in [-0.1, -0.05) is 36.2 Å². The first-order chi connectivity index (χ1) is 3.72. The smallest absolute Gasteiger partial charge is 0.0559 e. The highest BCUT2D eigenvalue weighted by Gasteiger charge is 2.08. The summed E-state index contributed by atoms with van der Waals surface area (Å²) < 4.78 is 0. The molecular formula is C6H13BrO. The molecule has 0 aromatic carbocycles. The van der Waals surface area contributed by atoms with Crippen LogP contribution >= 0.6 is 15.9 Å². The van der Waals surface area contributed by atoms with Crippen LogP contribution in [0.25, 0.3) is 0 Å². The maximum Gasteiger partial charge on any atom is 0.0559 e. The molecule has 0 heterocycles. The van der Waals surface area contributed by atoms with Crippen molar-refractivity contribution in [2.75, 3.05) is 6.61 Å². The van der Waals surface area contributed by atoms with Crippen LogP contribution < -0.4 is 0 Å². The Morgan fingerprint density at radius 2 is 2.12 bits per heavy atom. The van der Waals surface area contributed by atoms with Crippen molar-refractivity contribution in [1.29, 1.82) is 0 Å². The van der Waals surface area contributed by atoms with Crippen molar-refractivity contribution in [3.63, 3.8) is 0 Å². The number of aliphatic hydroxyl groups excluding tert-OH is 1. The lowest BCUT2D eigenvalue weighted by Crippen LogP contribution is -2.13. The van der Waals surface area contributed by atoms with E-state index in [2.05, 4.69) is 29.8 Å². The molecule has 0 aliphatic heterocycles. The van der Waals surface area contributed by atoms with E-state index in [9.17, 15) is 0 Å². The van der Waals surface area contributed by atoms with E-state index in [0.717, 1.165) is 6.42 Å². The van der Waals surface area contributed by atoms with E-state index >= 15 is 0 Å². The molecule has 0 bridgehead atoms. The van der Waals surface area contributed by atoms with Gasteiger partial charge >= 0.3 is 0 Å². The summed E-state index contributed by atoms with van der Waals surface area (Å²) in [5.41, 5.74) is 0. The predicted octanol–water partition coefficient (Wildman–Crippen LogP) is 1.79. The van der Waals surface area contributed by atoms with Gasteiger partial charge in [-0.3, -0.25) is 0 Å². The number of rotatable bonds is 3. The van der Waals surface area contributed by atoms with Gasteiger partial charge in [-0.15, -0.1) is 0 Å². The van der Waals surface area contributed by atoms with Crippen LogP contribution in [-0.2, 0) is 0 Å². The molecule has 2 heteroatoms. The van der Waals surface area contributed by atoms with Crippen molar-refractivity contribution in [2.45, 2.75) is 25.1 Å². The van der Waals surface area contributed by atoms with Crippen molar-refractivity contribution in [3.05, 3.63) is 0 Å². The molecule has 1 N–H and O–H groups in total. The highest BCUT2D eigenvalue weighted by atomic mass is 79.9. The maximum absolute atomic E-state index is 8.59. The van der Waals surface area contributed by atoms with Crippen LogP contribution in [0.1, 0.15) is 20.3 Å². The third-order valence-electron chi connectivity index (χ3n) is 1.44. The first kappa shape index (κ1) is 8.44. The molecule has 0 aliphatic rings. The maximum atomic E-state index is 8.59. The second kappa shape index (κ2) is 4.33. The molecule has 2 unspecified atom stereocenters. The monoisotopic (exact) mass is 180 g/mol. The molecule has 1 nitrogen and oxygen atoms in total. The minimum absolute atomic E-state index is 0.245. The second-order valence-electron chi connectivity index (χ2n) is 2.08. The third kappa shape index (κ3) is 2.68. The number of hydrogen-bond donors (Lipinski definition) is 1. The fourth-order valence-corrected chi connectivity index (χ4v) is 0.810. The molecular weight excluding hydrogens is 168 g/mol. The summed E-state index contributed by atoms with van der Waals surface area (Å²) in [5, 5.41) is 8.59. The Kier molecular flexibility index (Phi) is 4.57. The Bertz CT molecular complexity index is 48.5. The summed E-state index contributed by atoms with van der Waals surface area (Å²) in [5.74, 6) is 0.583. The largest absolute Gasteiger partial charge is 0.395 e. The highest BCUT2D eigenvalue weighted by Crippen LogP contribution is 2.14. The summed E-state index contributed by atoms with van der Waals surface area (Å²) in [6, 6.07) is 0. The molecule has 50 valence electrons. The summed E-state index contributed by atoms with van der Waals surface area (Å²) in [4.78, 5) is 0.285. The first-order valence-electron chi connectivity index (χ1n) is 2.97. The van der Waals surface area contributed by atoms with Crippen molar-refractivity contribution >= 4 is 15.9 Å². The average Bonchev–Trinajstić information content (AvgIpc) is 1.84. The van der Waals surface area contributed by atoms with E-state index in [0.29, 0.717) is 5.92 Å². The van der Waals surface area contributed by atoms with E-state index < -0.39 is 0 Å². The van der Waals surface area contributed by atoms with Crippen molar-refractivity contribution in [3.8, 4) is 0 Å². The van der Waals surface area contributed by atoms with Gasteiger partial charge in [0.2, 0.25) is 0 Å². The zero-order valence-corrected chi connectivity index (χ0v) is 6.98. The normalized spacial score (nSPS) is 18.0. The zero-order chi connectivity index (χ0) is 6.57. The van der Waals surface area contributed by atoms with E-state index in [1.807, 2.05) is 0 Å². The van der Waals surface area contributed by atoms with Crippen LogP contribution in [0.4, 0.5) is 0 Å². The molecule has 0 aliphatic carbocycles. The molecule has 0 saturated heterocycles. The molecule has 0 radical (unpaired) electrons. The second-order valence-corrected chi connectivity index (χ2v) is 3.26. The molecule has 0 saturated carbocycles. The minimum Gasteiger partial charge on any atom is -0.395 e. The Balaban J connectivity index is 3.29. The molecule has 2 atom stereocenters. The lowest BCUT2D eigenvalue weighted by atomic mass is 10.1. The van der Waals surface area contributed by atoms with Gasteiger partial charge in [-0.25, -0.2) is 0 Å². The van der Waals surface area contributed by atoms with Gasteiger partial charge in [-0.05, 0) is 5.92 Å². The van der Waals surface area contributed by atoms with E-state index in [1.54, 1.807) is 0 Å². The van der Waals surface area contributed by atoms with Gasteiger partial charge in [0.05, 0.1) is 6.61 Å². The lowest BCUT2D eigenvalue weighted by molar-refractivity contribution is 0.271. The SMILES string of the molecule is CCC(C)C(Br)CO.